The first-order valence-electron chi connectivity index (χ1n) is 9.56. The normalized spacial score (nSPS) is 19.0. The van der Waals surface area contributed by atoms with Crippen molar-refractivity contribution in [1.82, 2.24) is 4.90 Å². The molecule has 2 aliphatic heterocycles. The Morgan fingerprint density at radius 2 is 1.50 bits per heavy atom. The summed E-state index contributed by atoms with van der Waals surface area (Å²) in [6.45, 7) is 1.37. The van der Waals surface area contributed by atoms with Crippen LogP contribution in [0.5, 0.6) is 17.2 Å². The van der Waals surface area contributed by atoms with Crippen LogP contribution in [0.4, 0.5) is 0 Å². The first-order chi connectivity index (χ1) is 13.6. The Morgan fingerprint density at radius 1 is 0.786 bits per heavy atom. The predicted octanol–water partition coefficient (Wildman–Crippen LogP) is 3.72. The minimum atomic E-state index is 0.298. The number of carbonyl (C=O) groups excluding carboxylic acids is 1. The van der Waals surface area contributed by atoms with E-state index in [2.05, 4.69) is 29.2 Å². The van der Waals surface area contributed by atoms with Crippen molar-refractivity contribution < 1.29 is 19.0 Å². The van der Waals surface area contributed by atoms with Crippen LogP contribution in [0.25, 0.3) is 21.5 Å². The fourth-order valence-corrected chi connectivity index (χ4v) is 4.86. The maximum absolute atomic E-state index is 12.1. The van der Waals surface area contributed by atoms with Gasteiger partial charge in [-0.2, -0.15) is 0 Å². The molecule has 28 heavy (non-hydrogen) atoms. The Labute approximate surface area is 163 Å². The molecule has 0 spiro atoms. The molecule has 0 aromatic heterocycles. The fraction of sp³-hybridized carbons (Fsp3) is 0.348. The van der Waals surface area contributed by atoms with Crippen LogP contribution in [0, 0.1) is 0 Å². The second kappa shape index (κ2) is 6.38. The van der Waals surface area contributed by atoms with Crippen molar-refractivity contribution in [2.24, 2.45) is 0 Å². The number of rotatable bonds is 3. The minimum absolute atomic E-state index is 0.298. The molecule has 0 amide bonds. The Bertz CT molecular complexity index is 1120. The monoisotopic (exact) mass is 377 g/mol. The lowest BCUT2D eigenvalue weighted by Gasteiger charge is -2.33. The third kappa shape index (κ3) is 2.46. The summed E-state index contributed by atoms with van der Waals surface area (Å²) in [5.41, 5.74) is 2.63. The third-order valence-corrected chi connectivity index (χ3v) is 6.22. The van der Waals surface area contributed by atoms with E-state index in [9.17, 15) is 4.79 Å². The topological polar surface area (TPSA) is 48.0 Å². The standard InChI is InChI=1S/C23H23NO4/c1-26-15-4-5-16-18(8-15)20-10-23(28-3)22(27-2)9-19(20)17-7-13-6-14(25)11-24(13)12-21(16)17/h4-5,8-10,13H,6-7,11-12H2,1-3H3/t13-/m1/s1. The Balaban J connectivity index is 1.86. The molecule has 144 valence electrons. The summed E-state index contributed by atoms with van der Waals surface area (Å²) in [5, 5.41) is 4.65. The predicted molar refractivity (Wildman–Crippen MR) is 109 cm³/mol. The molecule has 0 unspecified atom stereocenters. The second-order valence-electron chi connectivity index (χ2n) is 7.63. The van der Waals surface area contributed by atoms with E-state index in [0.29, 0.717) is 30.5 Å². The molecule has 0 N–H and O–H groups in total. The van der Waals surface area contributed by atoms with Crippen molar-refractivity contribution >= 4 is 27.3 Å². The van der Waals surface area contributed by atoms with Gasteiger partial charge in [0.25, 0.3) is 0 Å². The lowest BCUT2D eigenvalue weighted by Crippen LogP contribution is -2.35. The van der Waals surface area contributed by atoms with E-state index in [1.165, 1.54) is 21.9 Å². The van der Waals surface area contributed by atoms with Gasteiger partial charge in [0, 0.05) is 19.0 Å². The van der Waals surface area contributed by atoms with Gasteiger partial charge in [-0.1, -0.05) is 6.07 Å². The number of hydrogen-bond acceptors (Lipinski definition) is 5. The lowest BCUT2D eigenvalue weighted by molar-refractivity contribution is -0.116. The van der Waals surface area contributed by atoms with Gasteiger partial charge in [-0.3, -0.25) is 9.69 Å². The molecule has 0 aliphatic carbocycles. The summed E-state index contributed by atoms with van der Waals surface area (Å²) in [4.78, 5) is 14.4. The molecule has 1 saturated heterocycles. The quantitative estimate of drug-likeness (QED) is 0.651. The number of benzene rings is 3. The molecule has 2 heterocycles. The highest BCUT2D eigenvalue weighted by atomic mass is 16.5. The van der Waals surface area contributed by atoms with Gasteiger partial charge in [0.15, 0.2) is 11.5 Å². The van der Waals surface area contributed by atoms with Crippen molar-refractivity contribution in [3.8, 4) is 17.2 Å². The summed E-state index contributed by atoms with van der Waals surface area (Å²) in [5.74, 6) is 2.61. The number of fused-ring (bicyclic) bond motifs is 7. The maximum atomic E-state index is 12.1. The number of methoxy groups -OCH3 is 3. The van der Waals surface area contributed by atoms with E-state index in [1.54, 1.807) is 21.3 Å². The summed E-state index contributed by atoms with van der Waals surface area (Å²) < 4.78 is 16.6. The van der Waals surface area contributed by atoms with Gasteiger partial charge >= 0.3 is 0 Å². The number of Topliss-reactive ketones (excluding diaryl/α,β-unsaturated/α-hetero) is 1. The number of ether oxygens (including phenoxy) is 3. The van der Waals surface area contributed by atoms with E-state index in [-0.39, 0.29) is 0 Å². The van der Waals surface area contributed by atoms with Crippen LogP contribution in [0.2, 0.25) is 0 Å². The number of hydrogen-bond donors (Lipinski definition) is 0. The zero-order valence-corrected chi connectivity index (χ0v) is 16.4. The minimum Gasteiger partial charge on any atom is -0.497 e. The van der Waals surface area contributed by atoms with Gasteiger partial charge in [0.2, 0.25) is 0 Å². The molecular weight excluding hydrogens is 354 g/mol. The third-order valence-electron chi connectivity index (χ3n) is 6.22. The van der Waals surface area contributed by atoms with Crippen molar-refractivity contribution in [1.29, 1.82) is 0 Å². The molecule has 0 bridgehead atoms. The van der Waals surface area contributed by atoms with Crippen LogP contribution in [-0.2, 0) is 17.8 Å². The SMILES string of the molecule is COc1ccc2c3c(c4cc(OC)c(OC)cc4c2c1)C[C@H]1CC(=O)CN1C3. The summed E-state index contributed by atoms with van der Waals surface area (Å²) >= 11 is 0. The Morgan fingerprint density at radius 3 is 2.21 bits per heavy atom. The number of nitrogens with zero attached hydrogens (tertiary/aromatic N) is 1. The van der Waals surface area contributed by atoms with E-state index in [1.807, 2.05) is 6.07 Å². The molecule has 0 saturated carbocycles. The van der Waals surface area contributed by atoms with Crippen molar-refractivity contribution in [2.75, 3.05) is 27.9 Å². The van der Waals surface area contributed by atoms with Crippen LogP contribution in [0.15, 0.2) is 30.3 Å². The largest absolute Gasteiger partial charge is 0.497 e. The summed E-state index contributed by atoms with van der Waals surface area (Å²) in [6.07, 6.45) is 1.53. The highest BCUT2D eigenvalue weighted by Crippen LogP contribution is 2.44. The van der Waals surface area contributed by atoms with Gasteiger partial charge < -0.3 is 14.2 Å². The highest BCUT2D eigenvalue weighted by molar-refractivity contribution is 6.12. The van der Waals surface area contributed by atoms with E-state index in [0.717, 1.165) is 35.2 Å². The molecule has 1 fully saturated rings. The van der Waals surface area contributed by atoms with Gasteiger partial charge in [-0.05, 0) is 63.4 Å². The first-order valence-corrected chi connectivity index (χ1v) is 9.56. The molecule has 3 aromatic carbocycles. The van der Waals surface area contributed by atoms with Crippen LogP contribution < -0.4 is 14.2 Å². The van der Waals surface area contributed by atoms with Crippen molar-refractivity contribution in [3.05, 3.63) is 41.5 Å². The molecule has 2 aliphatic rings. The zero-order valence-electron chi connectivity index (χ0n) is 16.4. The van der Waals surface area contributed by atoms with Gasteiger partial charge in [-0.15, -0.1) is 0 Å². The van der Waals surface area contributed by atoms with Crippen LogP contribution in [0.1, 0.15) is 17.5 Å². The Kier molecular flexibility index (Phi) is 3.95. The fourth-order valence-electron chi connectivity index (χ4n) is 4.86. The van der Waals surface area contributed by atoms with Crippen molar-refractivity contribution in [3.63, 3.8) is 0 Å². The van der Waals surface area contributed by atoms with Crippen LogP contribution in [-0.4, -0.2) is 44.6 Å². The summed E-state index contributed by atoms with van der Waals surface area (Å²) in [6, 6.07) is 10.7. The first kappa shape index (κ1) is 17.3. The average Bonchev–Trinajstić information content (AvgIpc) is 3.10. The number of ketones is 1. The Hall–Kier alpha value is -2.79. The lowest BCUT2D eigenvalue weighted by atomic mass is 9.85. The molecule has 5 rings (SSSR count). The second-order valence-corrected chi connectivity index (χ2v) is 7.63. The molecular formula is C23H23NO4. The van der Waals surface area contributed by atoms with Crippen LogP contribution >= 0.6 is 0 Å². The molecule has 0 radical (unpaired) electrons. The van der Waals surface area contributed by atoms with E-state index >= 15 is 0 Å². The van der Waals surface area contributed by atoms with E-state index < -0.39 is 0 Å². The highest BCUT2D eigenvalue weighted by Gasteiger charge is 2.36. The molecule has 5 nitrogen and oxygen atoms in total. The number of carbonyl (C=O) groups is 1. The molecule has 3 aromatic rings. The molecule has 1 atom stereocenters. The van der Waals surface area contributed by atoms with Gasteiger partial charge in [-0.25, -0.2) is 0 Å². The zero-order chi connectivity index (χ0) is 19.4. The molecule has 5 heteroatoms. The smallest absolute Gasteiger partial charge is 0.161 e. The maximum Gasteiger partial charge on any atom is 0.161 e. The average molecular weight is 377 g/mol. The van der Waals surface area contributed by atoms with E-state index in [4.69, 9.17) is 14.2 Å². The van der Waals surface area contributed by atoms with Crippen molar-refractivity contribution in [2.45, 2.75) is 25.4 Å². The van der Waals surface area contributed by atoms with Gasteiger partial charge in [0.05, 0.1) is 27.9 Å². The summed E-state index contributed by atoms with van der Waals surface area (Å²) in [7, 11) is 5.01. The van der Waals surface area contributed by atoms with Gasteiger partial charge in [0.1, 0.15) is 11.5 Å². The van der Waals surface area contributed by atoms with Crippen LogP contribution in [0.3, 0.4) is 0 Å².